The Hall–Kier alpha value is -0.560. The van der Waals surface area contributed by atoms with Gasteiger partial charge in [0.2, 0.25) is 0 Å². The van der Waals surface area contributed by atoms with E-state index in [1.54, 1.807) is 11.1 Å². The monoisotopic (exact) mass is 250 g/mol. The molecular formula is C17H30O. The zero-order chi connectivity index (χ0) is 13.6. The first-order valence-electron chi connectivity index (χ1n) is 7.43. The van der Waals surface area contributed by atoms with E-state index in [1.807, 2.05) is 0 Å². The van der Waals surface area contributed by atoms with Gasteiger partial charge in [-0.1, -0.05) is 36.6 Å². The number of rotatable bonds is 6. The van der Waals surface area contributed by atoms with Crippen LogP contribution in [0.4, 0.5) is 0 Å². The number of hydrogen-bond donors (Lipinski definition) is 1. The van der Waals surface area contributed by atoms with Crippen molar-refractivity contribution in [1.29, 1.82) is 0 Å². The molecule has 0 fully saturated rings. The SMILES string of the molecule is CC(=CCCCO)CCC1=C(C)CCCC1(C)C. The highest BCUT2D eigenvalue weighted by molar-refractivity contribution is 5.23. The molecule has 0 aliphatic heterocycles. The van der Waals surface area contributed by atoms with Gasteiger partial charge in [0.1, 0.15) is 0 Å². The molecule has 1 nitrogen and oxygen atoms in total. The number of aliphatic hydroxyl groups excluding tert-OH is 1. The normalized spacial score (nSPS) is 20.4. The van der Waals surface area contributed by atoms with Gasteiger partial charge in [0.25, 0.3) is 0 Å². The molecule has 0 aromatic rings. The van der Waals surface area contributed by atoms with Crippen LogP contribution in [0, 0.1) is 5.41 Å². The van der Waals surface area contributed by atoms with Crippen LogP contribution in [0.3, 0.4) is 0 Å². The van der Waals surface area contributed by atoms with Gasteiger partial charge < -0.3 is 5.11 Å². The fraction of sp³-hybridized carbons (Fsp3) is 0.765. The Labute approximate surface area is 113 Å². The molecule has 0 saturated carbocycles. The topological polar surface area (TPSA) is 20.2 Å². The summed E-state index contributed by atoms with van der Waals surface area (Å²) in [6.45, 7) is 9.65. The first kappa shape index (κ1) is 15.5. The molecule has 0 bridgehead atoms. The van der Waals surface area contributed by atoms with Gasteiger partial charge in [-0.3, -0.25) is 0 Å². The Kier molecular flexibility index (Phi) is 6.14. The predicted octanol–water partition coefficient (Wildman–Crippen LogP) is 5.01. The van der Waals surface area contributed by atoms with Crippen LogP contribution >= 0.6 is 0 Å². The van der Waals surface area contributed by atoms with Gasteiger partial charge in [-0.2, -0.15) is 0 Å². The van der Waals surface area contributed by atoms with E-state index >= 15 is 0 Å². The minimum Gasteiger partial charge on any atom is -0.396 e. The largest absolute Gasteiger partial charge is 0.396 e. The van der Waals surface area contributed by atoms with Crippen LogP contribution in [-0.2, 0) is 0 Å². The van der Waals surface area contributed by atoms with Gasteiger partial charge in [0, 0.05) is 6.61 Å². The molecule has 0 amide bonds. The van der Waals surface area contributed by atoms with Gasteiger partial charge in [-0.25, -0.2) is 0 Å². The molecule has 1 aliphatic carbocycles. The van der Waals surface area contributed by atoms with Crippen molar-refractivity contribution < 1.29 is 5.11 Å². The fourth-order valence-electron chi connectivity index (χ4n) is 3.09. The Balaban J connectivity index is 2.53. The summed E-state index contributed by atoms with van der Waals surface area (Å²) in [5, 5.41) is 8.78. The van der Waals surface area contributed by atoms with Crippen LogP contribution in [0.15, 0.2) is 22.8 Å². The predicted molar refractivity (Wildman–Crippen MR) is 79.6 cm³/mol. The smallest absolute Gasteiger partial charge is 0.0433 e. The summed E-state index contributed by atoms with van der Waals surface area (Å²) >= 11 is 0. The molecule has 1 N–H and O–H groups in total. The summed E-state index contributed by atoms with van der Waals surface area (Å²) < 4.78 is 0. The van der Waals surface area contributed by atoms with Gasteiger partial charge in [-0.05, 0) is 64.2 Å². The van der Waals surface area contributed by atoms with Gasteiger partial charge in [-0.15, -0.1) is 0 Å². The maximum absolute atomic E-state index is 8.78. The second-order valence-corrected chi connectivity index (χ2v) is 6.41. The minimum atomic E-state index is 0.307. The molecule has 0 heterocycles. The van der Waals surface area contributed by atoms with Crippen LogP contribution in [0.5, 0.6) is 0 Å². The summed E-state index contributed by atoms with van der Waals surface area (Å²) in [4.78, 5) is 0. The van der Waals surface area contributed by atoms with E-state index in [0.717, 1.165) is 12.8 Å². The third-order valence-electron chi connectivity index (χ3n) is 4.31. The third-order valence-corrected chi connectivity index (χ3v) is 4.31. The minimum absolute atomic E-state index is 0.307. The van der Waals surface area contributed by atoms with Crippen molar-refractivity contribution in [1.82, 2.24) is 0 Å². The molecule has 1 aliphatic rings. The lowest BCUT2D eigenvalue weighted by molar-refractivity contribution is 0.289. The molecule has 0 aromatic heterocycles. The van der Waals surface area contributed by atoms with Crippen molar-refractivity contribution in [3.8, 4) is 0 Å². The highest BCUT2D eigenvalue weighted by atomic mass is 16.2. The van der Waals surface area contributed by atoms with E-state index in [9.17, 15) is 0 Å². The molecule has 0 unspecified atom stereocenters. The van der Waals surface area contributed by atoms with E-state index < -0.39 is 0 Å². The highest BCUT2D eigenvalue weighted by Crippen LogP contribution is 2.42. The van der Waals surface area contributed by atoms with Crippen LogP contribution in [-0.4, -0.2) is 11.7 Å². The van der Waals surface area contributed by atoms with Crippen molar-refractivity contribution in [3.63, 3.8) is 0 Å². The van der Waals surface area contributed by atoms with Gasteiger partial charge in [0.15, 0.2) is 0 Å². The maximum Gasteiger partial charge on any atom is 0.0433 e. The van der Waals surface area contributed by atoms with Crippen LogP contribution in [0.25, 0.3) is 0 Å². The average molecular weight is 250 g/mol. The van der Waals surface area contributed by atoms with E-state index in [2.05, 4.69) is 33.8 Å². The molecule has 104 valence electrons. The van der Waals surface area contributed by atoms with Crippen molar-refractivity contribution in [2.45, 2.75) is 72.6 Å². The number of allylic oxidation sites excluding steroid dienone is 4. The Bertz CT molecular complexity index is 321. The molecular weight excluding hydrogens is 220 g/mol. The number of hydrogen-bond acceptors (Lipinski definition) is 1. The third kappa shape index (κ3) is 4.61. The first-order chi connectivity index (χ1) is 8.47. The highest BCUT2D eigenvalue weighted by Gasteiger charge is 2.27. The number of unbranched alkanes of at least 4 members (excludes halogenated alkanes) is 1. The lowest BCUT2D eigenvalue weighted by Crippen LogP contribution is -2.20. The molecule has 1 heteroatoms. The summed E-state index contributed by atoms with van der Waals surface area (Å²) in [6, 6.07) is 0. The summed E-state index contributed by atoms with van der Waals surface area (Å²) in [5.74, 6) is 0. The Morgan fingerprint density at radius 3 is 2.72 bits per heavy atom. The molecule has 0 aromatic carbocycles. The van der Waals surface area contributed by atoms with Crippen LogP contribution < -0.4 is 0 Å². The summed E-state index contributed by atoms with van der Waals surface area (Å²) in [7, 11) is 0. The standard InChI is InChI=1S/C17H30O/c1-14(8-5-6-13-18)10-11-16-15(2)9-7-12-17(16,3)4/h8,18H,5-7,9-13H2,1-4H3. The van der Waals surface area contributed by atoms with Gasteiger partial charge >= 0.3 is 0 Å². The first-order valence-corrected chi connectivity index (χ1v) is 7.43. The second-order valence-electron chi connectivity index (χ2n) is 6.41. The average Bonchev–Trinajstić information content (AvgIpc) is 2.28. The van der Waals surface area contributed by atoms with E-state index in [0.29, 0.717) is 12.0 Å². The maximum atomic E-state index is 8.78. The lowest BCUT2D eigenvalue weighted by atomic mass is 9.71. The Morgan fingerprint density at radius 1 is 1.39 bits per heavy atom. The summed E-state index contributed by atoms with van der Waals surface area (Å²) in [6.07, 6.45) is 10.6. The lowest BCUT2D eigenvalue weighted by Gasteiger charge is -2.35. The van der Waals surface area contributed by atoms with Crippen molar-refractivity contribution >= 4 is 0 Å². The van der Waals surface area contributed by atoms with E-state index in [-0.39, 0.29) is 0 Å². The van der Waals surface area contributed by atoms with Crippen molar-refractivity contribution in [3.05, 3.63) is 22.8 Å². The second kappa shape index (κ2) is 7.13. The molecule has 0 saturated heterocycles. The molecule has 1 rings (SSSR count). The Morgan fingerprint density at radius 2 is 2.11 bits per heavy atom. The quantitative estimate of drug-likeness (QED) is 0.519. The number of aliphatic hydroxyl groups is 1. The van der Waals surface area contributed by atoms with Crippen LogP contribution in [0.2, 0.25) is 0 Å². The molecule has 0 radical (unpaired) electrons. The molecule has 0 spiro atoms. The van der Waals surface area contributed by atoms with Crippen molar-refractivity contribution in [2.24, 2.45) is 5.41 Å². The molecule has 18 heavy (non-hydrogen) atoms. The zero-order valence-electron chi connectivity index (χ0n) is 12.7. The summed E-state index contributed by atoms with van der Waals surface area (Å²) in [5.41, 5.74) is 5.22. The molecule has 0 atom stereocenters. The van der Waals surface area contributed by atoms with E-state index in [1.165, 1.54) is 37.7 Å². The van der Waals surface area contributed by atoms with Crippen LogP contribution in [0.1, 0.15) is 72.6 Å². The van der Waals surface area contributed by atoms with E-state index in [4.69, 9.17) is 5.11 Å². The van der Waals surface area contributed by atoms with Crippen molar-refractivity contribution in [2.75, 3.05) is 6.61 Å². The zero-order valence-corrected chi connectivity index (χ0v) is 12.7. The fourth-order valence-corrected chi connectivity index (χ4v) is 3.09. The van der Waals surface area contributed by atoms with Gasteiger partial charge in [0.05, 0.1) is 0 Å².